The first-order valence-corrected chi connectivity index (χ1v) is 6.82. The van der Waals surface area contributed by atoms with Gasteiger partial charge in [-0.05, 0) is 38.3 Å². The van der Waals surface area contributed by atoms with E-state index in [0.717, 1.165) is 18.6 Å². The predicted molar refractivity (Wildman–Crippen MR) is 72.3 cm³/mol. The fourth-order valence-electron chi connectivity index (χ4n) is 2.03. The predicted octanol–water partition coefficient (Wildman–Crippen LogP) is 1.76. The number of furan rings is 1. The van der Waals surface area contributed by atoms with Crippen molar-refractivity contribution in [2.75, 3.05) is 6.54 Å². The van der Waals surface area contributed by atoms with E-state index in [1.807, 2.05) is 19.1 Å². The molecular weight excluding hydrogens is 260 g/mol. The average molecular weight is 280 g/mol. The van der Waals surface area contributed by atoms with Gasteiger partial charge in [-0.2, -0.15) is 0 Å². The molecule has 2 rings (SSSR count). The number of urea groups is 1. The standard InChI is InChI=1S/C14H20N2O4/c1-10(4-5-11-3-2-8-20-11)16-13(19)15-9-14(6-7-14)12(17)18/h2-3,8,10H,4-7,9H2,1H3,(H,17,18)(H2,15,16,19). The smallest absolute Gasteiger partial charge is 0.315 e. The molecule has 1 fully saturated rings. The van der Waals surface area contributed by atoms with E-state index in [4.69, 9.17) is 9.52 Å². The first kappa shape index (κ1) is 14.4. The summed E-state index contributed by atoms with van der Waals surface area (Å²) in [6, 6.07) is 3.42. The molecule has 0 aliphatic heterocycles. The maximum atomic E-state index is 11.7. The first-order chi connectivity index (χ1) is 9.52. The van der Waals surface area contributed by atoms with E-state index in [9.17, 15) is 9.59 Å². The van der Waals surface area contributed by atoms with Crippen molar-refractivity contribution >= 4 is 12.0 Å². The number of carboxylic acid groups (broad SMARTS) is 1. The Labute approximate surface area is 117 Å². The van der Waals surface area contributed by atoms with Gasteiger partial charge < -0.3 is 20.2 Å². The van der Waals surface area contributed by atoms with Crippen LogP contribution in [0.3, 0.4) is 0 Å². The van der Waals surface area contributed by atoms with E-state index >= 15 is 0 Å². The Balaban J connectivity index is 1.65. The maximum absolute atomic E-state index is 11.7. The fourth-order valence-corrected chi connectivity index (χ4v) is 2.03. The second-order valence-electron chi connectivity index (χ2n) is 5.43. The van der Waals surface area contributed by atoms with Gasteiger partial charge in [0.2, 0.25) is 0 Å². The molecule has 1 atom stereocenters. The summed E-state index contributed by atoms with van der Waals surface area (Å²) in [7, 11) is 0. The topological polar surface area (TPSA) is 91.6 Å². The van der Waals surface area contributed by atoms with Crippen molar-refractivity contribution in [3.63, 3.8) is 0 Å². The number of hydrogen-bond donors (Lipinski definition) is 3. The third-order valence-electron chi connectivity index (χ3n) is 3.68. The second kappa shape index (κ2) is 5.98. The van der Waals surface area contributed by atoms with E-state index in [1.165, 1.54) is 0 Å². The minimum absolute atomic E-state index is 0.0000751. The molecule has 1 aliphatic rings. The summed E-state index contributed by atoms with van der Waals surface area (Å²) in [5.41, 5.74) is -0.727. The largest absolute Gasteiger partial charge is 0.481 e. The Morgan fingerprint density at radius 3 is 2.80 bits per heavy atom. The van der Waals surface area contributed by atoms with Crippen LogP contribution < -0.4 is 10.6 Å². The lowest BCUT2D eigenvalue weighted by Crippen LogP contribution is -2.44. The lowest BCUT2D eigenvalue weighted by molar-refractivity contribution is -0.143. The third kappa shape index (κ3) is 3.76. The highest BCUT2D eigenvalue weighted by Crippen LogP contribution is 2.45. The number of nitrogens with one attached hydrogen (secondary N) is 2. The number of hydrogen-bond acceptors (Lipinski definition) is 3. The summed E-state index contributed by atoms with van der Waals surface area (Å²) >= 11 is 0. The molecule has 3 N–H and O–H groups in total. The normalized spacial score (nSPS) is 17.2. The van der Waals surface area contributed by atoms with Gasteiger partial charge in [0.15, 0.2) is 0 Å². The van der Waals surface area contributed by atoms with Crippen molar-refractivity contribution in [3.8, 4) is 0 Å². The number of carbonyl (C=O) groups is 2. The summed E-state index contributed by atoms with van der Waals surface area (Å²) in [6.07, 6.45) is 4.42. The highest BCUT2D eigenvalue weighted by atomic mass is 16.4. The fraction of sp³-hybridized carbons (Fsp3) is 0.571. The molecule has 6 heteroatoms. The molecule has 0 aromatic carbocycles. The molecule has 2 amide bonds. The van der Waals surface area contributed by atoms with Crippen molar-refractivity contribution < 1.29 is 19.1 Å². The molecule has 20 heavy (non-hydrogen) atoms. The van der Waals surface area contributed by atoms with Crippen LogP contribution in [0.25, 0.3) is 0 Å². The van der Waals surface area contributed by atoms with Crippen LogP contribution >= 0.6 is 0 Å². The molecular formula is C14H20N2O4. The van der Waals surface area contributed by atoms with E-state index in [-0.39, 0.29) is 18.6 Å². The highest BCUT2D eigenvalue weighted by molar-refractivity contribution is 5.80. The number of aliphatic carboxylic acids is 1. The zero-order valence-corrected chi connectivity index (χ0v) is 11.5. The van der Waals surface area contributed by atoms with E-state index in [2.05, 4.69) is 10.6 Å². The number of aryl methyl sites for hydroxylation is 1. The van der Waals surface area contributed by atoms with Crippen LogP contribution in [-0.2, 0) is 11.2 Å². The Kier molecular flexibility index (Phi) is 4.32. The molecule has 1 heterocycles. The van der Waals surface area contributed by atoms with Crippen molar-refractivity contribution in [3.05, 3.63) is 24.2 Å². The molecule has 0 radical (unpaired) electrons. The summed E-state index contributed by atoms with van der Waals surface area (Å²) in [5, 5.41) is 14.4. The van der Waals surface area contributed by atoms with Crippen molar-refractivity contribution in [2.45, 2.75) is 38.6 Å². The molecule has 0 spiro atoms. The van der Waals surface area contributed by atoms with E-state index in [0.29, 0.717) is 12.8 Å². The van der Waals surface area contributed by atoms with Gasteiger partial charge in [0.1, 0.15) is 5.76 Å². The molecule has 1 aliphatic carbocycles. The van der Waals surface area contributed by atoms with Crippen molar-refractivity contribution in [1.29, 1.82) is 0 Å². The van der Waals surface area contributed by atoms with Crippen LogP contribution in [0.5, 0.6) is 0 Å². The summed E-state index contributed by atoms with van der Waals surface area (Å²) < 4.78 is 5.22. The number of amides is 2. The molecule has 0 saturated heterocycles. The lowest BCUT2D eigenvalue weighted by Gasteiger charge is -2.16. The Morgan fingerprint density at radius 2 is 2.25 bits per heavy atom. The first-order valence-electron chi connectivity index (χ1n) is 6.82. The number of carboxylic acids is 1. The Hall–Kier alpha value is -1.98. The summed E-state index contributed by atoms with van der Waals surface area (Å²) in [4.78, 5) is 22.6. The van der Waals surface area contributed by atoms with Gasteiger partial charge >= 0.3 is 12.0 Å². The zero-order valence-electron chi connectivity index (χ0n) is 11.5. The molecule has 110 valence electrons. The van der Waals surface area contributed by atoms with Gasteiger partial charge in [0, 0.05) is 19.0 Å². The zero-order chi connectivity index (χ0) is 14.6. The van der Waals surface area contributed by atoms with Gasteiger partial charge in [-0.3, -0.25) is 4.79 Å². The quantitative estimate of drug-likeness (QED) is 0.709. The molecule has 1 unspecified atom stereocenters. The van der Waals surface area contributed by atoms with Gasteiger partial charge in [0.25, 0.3) is 0 Å². The van der Waals surface area contributed by atoms with Crippen LogP contribution in [0.4, 0.5) is 4.79 Å². The van der Waals surface area contributed by atoms with Crippen LogP contribution in [0.15, 0.2) is 22.8 Å². The van der Waals surface area contributed by atoms with Gasteiger partial charge in [-0.25, -0.2) is 4.79 Å². The number of carbonyl (C=O) groups excluding carboxylic acids is 1. The van der Waals surface area contributed by atoms with Gasteiger partial charge in [-0.1, -0.05) is 0 Å². The minimum atomic E-state index is -0.830. The van der Waals surface area contributed by atoms with E-state index in [1.54, 1.807) is 6.26 Å². The van der Waals surface area contributed by atoms with Gasteiger partial charge in [-0.15, -0.1) is 0 Å². The average Bonchev–Trinajstić information content (AvgIpc) is 3.02. The maximum Gasteiger partial charge on any atom is 0.315 e. The van der Waals surface area contributed by atoms with Crippen LogP contribution in [0, 0.1) is 5.41 Å². The summed E-state index contributed by atoms with van der Waals surface area (Å²) in [6.45, 7) is 2.10. The highest BCUT2D eigenvalue weighted by Gasteiger charge is 2.50. The molecule has 1 aromatic rings. The van der Waals surface area contributed by atoms with Crippen molar-refractivity contribution in [2.24, 2.45) is 5.41 Å². The van der Waals surface area contributed by atoms with Crippen LogP contribution in [0.1, 0.15) is 31.9 Å². The Morgan fingerprint density at radius 1 is 1.50 bits per heavy atom. The van der Waals surface area contributed by atoms with Crippen molar-refractivity contribution in [1.82, 2.24) is 10.6 Å². The molecule has 0 bridgehead atoms. The van der Waals surface area contributed by atoms with E-state index < -0.39 is 11.4 Å². The molecule has 1 saturated carbocycles. The minimum Gasteiger partial charge on any atom is -0.481 e. The summed E-state index contributed by atoms with van der Waals surface area (Å²) in [5.74, 6) is 0.0607. The van der Waals surface area contributed by atoms with Crippen LogP contribution in [0.2, 0.25) is 0 Å². The van der Waals surface area contributed by atoms with Gasteiger partial charge in [0.05, 0.1) is 11.7 Å². The lowest BCUT2D eigenvalue weighted by atomic mass is 10.1. The van der Waals surface area contributed by atoms with Crippen LogP contribution in [-0.4, -0.2) is 29.7 Å². The second-order valence-corrected chi connectivity index (χ2v) is 5.43. The SMILES string of the molecule is CC(CCc1ccco1)NC(=O)NCC1(C(=O)O)CC1. The third-order valence-corrected chi connectivity index (χ3v) is 3.68. The number of rotatable bonds is 7. The molecule has 6 nitrogen and oxygen atoms in total. The monoisotopic (exact) mass is 280 g/mol. The molecule has 1 aromatic heterocycles. The Bertz CT molecular complexity index is 466.